The molecule has 0 bridgehead atoms. The number of carboxylic acids is 1. The van der Waals surface area contributed by atoms with Gasteiger partial charge in [0.2, 0.25) is 0 Å². The number of amides is 2. The number of hydrogen-bond donors (Lipinski definition) is 3. The lowest BCUT2D eigenvalue weighted by Gasteiger charge is -2.12. The van der Waals surface area contributed by atoms with E-state index in [9.17, 15) is 14.4 Å². The highest BCUT2D eigenvalue weighted by atomic mass is 16.5. The van der Waals surface area contributed by atoms with E-state index >= 15 is 0 Å². The minimum absolute atomic E-state index is 0.160. The molecule has 0 aliphatic carbocycles. The summed E-state index contributed by atoms with van der Waals surface area (Å²) >= 11 is 0. The number of aliphatic carboxylic acids is 1. The second-order valence-corrected chi connectivity index (χ2v) is 4.40. The number of rotatable bonds is 6. The Morgan fingerprint density at radius 3 is 2.67 bits per heavy atom. The number of anilines is 1. The normalized spacial score (nSPS) is 11.3. The Hall–Kier alpha value is -2.57. The van der Waals surface area contributed by atoms with Gasteiger partial charge in [-0.25, -0.2) is 4.79 Å². The molecule has 0 saturated heterocycles. The molecule has 1 rings (SSSR count). The van der Waals surface area contributed by atoms with Crippen molar-refractivity contribution in [3.8, 4) is 0 Å². The second kappa shape index (κ2) is 7.88. The van der Waals surface area contributed by atoms with Crippen molar-refractivity contribution in [2.75, 3.05) is 11.9 Å². The Labute approximate surface area is 122 Å². The van der Waals surface area contributed by atoms with Crippen LogP contribution >= 0.6 is 0 Å². The molecule has 0 aromatic heterocycles. The van der Waals surface area contributed by atoms with E-state index in [1.54, 1.807) is 32.0 Å². The third-order valence-corrected chi connectivity index (χ3v) is 2.50. The van der Waals surface area contributed by atoms with Crippen molar-refractivity contribution in [1.82, 2.24) is 5.32 Å². The van der Waals surface area contributed by atoms with E-state index in [1.165, 1.54) is 6.07 Å². The summed E-state index contributed by atoms with van der Waals surface area (Å²) in [4.78, 5) is 33.8. The van der Waals surface area contributed by atoms with Crippen LogP contribution < -0.4 is 10.6 Å². The van der Waals surface area contributed by atoms with Crippen LogP contribution in [-0.2, 0) is 9.53 Å². The van der Waals surface area contributed by atoms with Crippen LogP contribution in [0.3, 0.4) is 0 Å². The minimum atomic E-state index is -0.986. The van der Waals surface area contributed by atoms with Gasteiger partial charge >= 0.3 is 12.1 Å². The lowest BCUT2D eigenvalue weighted by atomic mass is 10.1. The highest BCUT2D eigenvalue weighted by molar-refractivity contribution is 5.96. The third-order valence-electron chi connectivity index (χ3n) is 2.50. The molecule has 0 radical (unpaired) electrons. The summed E-state index contributed by atoms with van der Waals surface area (Å²) in [6.07, 6.45) is -0.763. The zero-order valence-corrected chi connectivity index (χ0v) is 11.9. The molecule has 21 heavy (non-hydrogen) atoms. The number of carbonyl (C=O) groups excluding carboxylic acids is 2. The molecule has 1 atom stereocenters. The Bertz CT molecular complexity index is 530. The van der Waals surface area contributed by atoms with Crippen LogP contribution in [0.4, 0.5) is 10.5 Å². The van der Waals surface area contributed by atoms with Crippen LogP contribution in [0.2, 0.25) is 0 Å². The third kappa shape index (κ3) is 5.94. The molecule has 7 nitrogen and oxygen atoms in total. The molecule has 1 aromatic rings. The Morgan fingerprint density at radius 1 is 1.33 bits per heavy atom. The van der Waals surface area contributed by atoms with Gasteiger partial charge in [-0.3, -0.25) is 14.9 Å². The maximum atomic E-state index is 12.0. The van der Waals surface area contributed by atoms with Crippen molar-refractivity contribution < 1.29 is 24.2 Å². The number of ether oxygens (including phenoxy) is 1. The number of benzene rings is 1. The molecular formula is C14H18N2O5. The summed E-state index contributed by atoms with van der Waals surface area (Å²) in [5.41, 5.74) is 0.744. The number of carboxylic acid groups (broad SMARTS) is 1. The van der Waals surface area contributed by atoms with Gasteiger partial charge in [-0.05, 0) is 32.0 Å². The first-order chi connectivity index (χ1) is 9.92. The summed E-state index contributed by atoms with van der Waals surface area (Å²) in [5.74, 6) is -1.39. The van der Waals surface area contributed by atoms with Crippen molar-refractivity contribution in [3.63, 3.8) is 0 Å². The molecule has 0 heterocycles. The Balaban J connectivity index is 2.68. The molecule has 1 aromatic carbocycles. The van der Waals surface area contributed by atoms with E-state index in [0.29, 0.717) is 11.3 Å². The maximum Gasteiger partial charge on any atom is 0.411 e. The Kier molecular flexibility index (Phi) is 6.19. The van der Waals surface area contributed by atoms with Crippen LogP contribution in [0.25, 0.3) is 0 Å². The van der Waals surface area contributed by atoms with E-state index in [2.05, 4.69) is 10.6 Å². The number of hydrogen-bond acceptors (Lipinski definition) is 4. The van der Waals surface area contributed by atoms with Gasteiger partial charge in [-0.15, -0.1) is 0 Å². The van der Waals surface area contributed by atoms with Crippen molar-refractivity contribution in [2.24, 2.45) is 0 Å². The van der Waals surface area contributed by atoms with Gasteiger partial charge in [0.25, 0.3) is 5.91 Å². The van der Waals surface area contributed by atoms with Crippen molar-refractivity contribution >= 4 is 23.7 Å². The maximum absolute atomic E-state index is 12.0. The first-order valence-corrected chi connectivity index (χ1v) is 6.49. The lowest BCUT2D eigenvalue weighted by molar-refractivity contribution is -0.137. The summed E-state index contributed by atoms with van der Waals surface area (Å²) in [6, 6.07) is 5.79. The van der Waals surface area contributed by atoms with E-state index < -0.39 is 24.0 Å². The first kappa shape index (κ1) is 16.5. The fourth-order valence-electron chi connectivity index (χ4n) is 1.64. The van der Waals surface area contributed by atoms with Crippen molar-refractivity contribution in [1.29, 1.82) is 0 Å². The average molecular weight is 294 g/mol. The molecule has 0 saturated carbocycles. The molecule has 0 spiro atoms. The van der Waals surface area contributed by atoms with Crippen molar-refractivity contribution in [2.45, 2.75) is 26.3 Å². The molecule has 2 amide bonds. The zero-order valence-electron chi connectivity index (χ0n) is 11.9. The van der Waals surface area contributed by atoms with E-state index in [-0.39, 0.29) is 13.0 Å². The highest BCUT2D eigenvalue weighted by Crippen LogP contribution is 2.11. The molecular weight excluding hydrogens is 276 g/mol. The Morgan fingerprint density at radius 2 is 2.05 bits per heavy atom. The monoisotopic (exact) mass is 294 g/mol. The lowest BCUT2D eigenvalue weighted by Crippen LogP contribution is -2.34. The van der Waals surface area contributed by atoms with E-state index in [4.69, 9.17) is 9.84 Å². The standard InChI is InChI=1S/C14H18N2O5/c1-3-21-14(20)16-11-6-4-5-10(8-11)13(19)15-9(2)7-12(17)18/h4-6,8-9H,3,7H2,1-2H3,(H,15,19)(H,16,20)(H,17,18). The van der Waals surface area contributed by atoms with Gasteiger partial charge in [0, 0.05) is 17.3 Å². The quantitative estimate of drug-likeness (QED) is 0.742. The smallest absolute Gasteiger partial charge is 0.411 e. The molecule has 7 heteroatoms. The topological polar surface area (TPSA) is 105 Å². The average Bonchev–Trinajstić information content (AvgIpc) is 2.38. The fourth-order valence-corrected chi connectivity index (χ4v) is 1.64. The van der Waals surface area contributed by atoms with Crippen LogP contribution in [0.15, 0.2) is 24.3 Å². The largest absolute Gasteiger partial charge is 0.481 e. The summed E-state index contributed by atoms with van der Waals surface area (Å²) < 4.78 is 4.74. The minimum Gasteiger partial charge on any atom is -0.481 e. The molecule has 1 unspecified atom stereocenters. The van der Waals surface area contributed by atoms with Crippen molar-refractivity contribution in [3.05, 3.63) is 29.8 Å². The number of nitrogens with one attached hydrogen (secondary N) is 2. The fraction of sp³-hybridized carbons (Fsp3) is 0.357. The predicted octanol–water partition coefficient (Wildman–Crippen LogP) is 1.85. The van der Waals surface area contributed by atoms with Gasteiger partial charge in [0.1, 0.15) is 0 Å². The van der Waals surface area contributed by atoms with Crippen LogP contribution in [-0.4, -0.2) is 35.7 Å². The molecule has 0 aliphatic rings. The van der Waals surface area contributed by atoms with Gasteiger partial charge in [0.05, 0.1) is 13.0 Å². The second-order valence-electron chi connectivity index (χ2n) is 4.40. The molecule has 0 fully saturated rings. The van der Waals surface area contributed by atoms with Crippen LogP contribution in [0.1, 0.15) is 30.6 Å². The first-order valence-electron chi connectivity index (χ1n) is 6.49. The molecule has 3 N–H and O–H groups in total. The summed E-state index contributed by atoms with van der Waals surface area (Å²) in [5, 5.41) is 13.7. The van der Waals surface area contributed by atoms with Crippen LogP contribution in [0, 0.1) is 0 Å². The SMILES string of the molecule is CCOC(=O)Nc1cccc(C(=O)NC(C)CC(=O)O)c1. The molecule has 114 valence electrons. The van der Waals surface area contributed by atoms with E-state index in [1.807, 2.05) is 0 Å². The predicted molar refractivity (Wildman–Crippen MR) is 76.3 cm³/mol. The van der Waals surface area contributed by atoms with Gasteiger partial charge in [0.15, 0.2) is 0 Å². The highest BCUT2D eigenvalue weighted by Gasteiger charge is 2.13. The van der Waals surface area contributed by atoms with Crippen LogP contribution in [0.5, 0.6) is 0 Å². The van der Waals surface area contributed by atoms with Gasteiger partial charge in [-0.2, -0.15) is 0 Å². The summed E-state index contributed by atoms with van der Waals surface area (Å²) in [7, 11) is 0. The number of carbonyl (C=O) groups is 3. The summed E-state index contributed by atoms with van der Waals surface area (Å²) in [6.45, 7) is 3.54. The van der Waals surface area contributed by atoms with E-state index in [0.717, 1.165) is 0 Å². The van der Waals surface area contributed by atoms with Gasteiger partial charge in [-0.1, -0.05) is 6.07 Å². The zero-order chi connectivity index (χ0) is 15.8. The molecule has 0 aliphatic heterocycles. The van der Waals surface area contributed by atoms with Gasteiger partial charge < -0.3 is 15.2 Å².